The maximum atomic E-state index is 10.7. The lowest BCUT2D eigenvalue weighted by molar-refractivity contribution is 0.0798. The first-order chi connectivity index (χ1) is 12.8. The fraction of sp³-hybridized carbons (Fsp3) is 0.783. The van der Waals surface area contributed by atoms with Gasteiger partial charge in [-0.05, 0) is 24.0 Å². The van der Waals surface area contributed by atoms with Gasteiger partial charge >= 0.3 is 0 Å². The normalized spacial score (nSPS) is 31.7. The Bertz CT molecular complexity index is 592. The Morgan fingerprint density at radius 1 is 1.37 bits per heavy atom. The summed E-state index contributed by atoms with van der Waals surface area (Å²) in [6.07, 6.45) is 15.7. The monoisotopic (exact) mass is 391 g/mol. The first kappa shape index (κ1) is 22.5. The molecule has 0 radical (unpaired) electrons. The van der Waals surface area contributed by atoms with Crippen LogP contribution in [-0.4, -0.2) is 38.8 Å². The van der Waals surface area contributed by atoms with E-state index in [9.17, 15) is 10.2 Å². The quantitative estimate of drug-likeness (QED) is 0.336. The molecule has 1 aliphatic carbocycles. The molecule has 1 fully saturated rings. The molecule has 2 aliphatic rings. The smallest absolute Gasteiger partial charge is 0.128 e. The number of nitrogens with zero attached hydrogens (tertiary/aromatic N) is 1. The predicted octanol–water partition coefficient (Wildman–Crippen LogP) is 4.82. The Kier molecular flexibility index (Phi) is 8.04. The molecule has 0 aromatic carbocycles. The summed E-state index contributed by atoms with van der Waals surface area (Å²) in [7, 11) is 0. The van der Waals surface area contributed by atoms with E-state index in [2.05, 4.69) is 33.6 Å². The molecule has 1 heterocycles. The van der Waals surface area contributed by atoms with E-state index in [1.807, 2.05) is 23.9 Å². The Morgan fingerprint density at radius 2 is 2.07 bits per heavy atom. The van der Waals surface area contributed by atoms with E-state index in [0.29, 0.717) is 6.42 Å². The van der Waals surface area contributed by atoms with Crippen molar-refractivity contribution in [1.82, 2.24) is 0 Å². The number of aliphatic hydroxyl groups excluding tert-OH is 2. The lowest BCUT2D eigenvalue weighted by Gasteiger charge is -2.29. The topological polar surface area (TPSA) is 52.8 Å². The second kappa shape index (κ2) is 9.63. The van der Waals surface area contributed by atoms with Crippen molar-refractivity contribution in [3.63, 3.8) is 0 Å². The summed E-state index contributed by atoms with van der Waals surface area (Å²) in [5.41, 5.74) is -0.724. The van der Waals surface area contributed by atoms with Crippen LogP contribution in [-0.2, 0) is 0 Å². The molecule has 0 saturated heterocycles. The van der Waals surface area contributed by atoms with Gasteiger partial charge in [0.15, 0.2) is 0 Å². The van der Waals surface area contributed by atoms with E-state index in [1.165, 1.54) is 12.8 Å². The third-order valence-corrected chi connectivity index (χ3v) is 7.35. The first-order valence-corrected chi connectivity index (χ1v) is 11.5. The van der Waals surface area contributed by atoms with Crippen LogP contribution in [0.25, 0.3) is 0 Å². The number of hydrogen-bond donors (Lipinski definition) is 2. The molecule has 1 aliphatic heterocycles. The van der Waals surface area contributed by atoms with Gasteiger partial charge in [-0.2, -0.15) is 0 Å². The second-order valence-corrected chi connectivity index (χ2v) is 10.0. The van der Waals surface area contributed by atoms with Crippen molar-refractivity contribution in [2.75, 3.05) is 5.75 Å². The van der Waals surface area contributed by atoms with Crippen LogP contribution in [0.2, 0.25) is 0 Å². The maximum absolute atomic E-state index is 10.7. The Labute approximate surface area is 170 Å². The van der Waals surface area contributed by atoms with Crippen molar-refractivity contribution in [3.8, 4) is 12.3 Å². The minimum atomic E-state index is -0.564. The van der Waals surface area contributed by atoms with Crippen molar-refractivity contribution in [3.05, 3.63) is 12.2 Å². The fourth-order valence-electron chi connectivity index (χ4n) is 4.24. The zero-order valence-corrected chi connectivity index (χ0v) is 18.3. The van der Waals surface area contributed by atoms with E-state index in [1.54, 1.807) is 0 Å². The summed E-state index contributed by atoms with van der Waals surface area (Å²) in [4.78, 5) is 4.88. The third-order valence-electron chi connectivity index (χ3n) is 6.27. The molecule has 3 nitrogen and oxygen atoms in total. The fourth-order valence-corrected chi connectivity index (χ4v) is 5.44. The largest absolute Gasteiger partial charge is 0.392 e. The average Bonchev–Trinajstić information content (AvgIpc) is 3.10. The number of terminal acetylenes is 1. The Morgan fingerprint density at radius 3 is 2.70 bits per heavy atom. The van der Waals surface area contributed by atoms with Crippen molar-refractivity contribution in [2.45, 2.75) is 90.4 Å². The highest BCUT2D eigenvalue weighted by atomic mass is 32.2. The molecule has 0 bridgehead atoms. The van der Waals surface area contributed by atoms with Crippen molar-refractivity contribution in [2.24, 2.45) is 22.2 Å². The minimum Gasteiger partial charge on any atom is -0.392 e. The lowest BCUT2D eigenvalue weighted by Crippen LogP contribution is -2.29. The van der Waals surface area contributed by atoms with Gasteiger partial charge in [0, 0.05) is 24.7 Å². The molecular weight excluding hydrogens is 354 g/mol. The molecule has 152 valence electrons. The van der Waals surface area contributed by atoms with Crippen molar-refractivity contribution >= 4 is 16.8 Å². The van der Waals surface area contributed by atoms with Gasteiger partial charge in [0.05, 0.1) is 17.3 Å². The maximum Gasteiger partial charge on any atom is 0.128 e. The highest BCUT2D eigenvalue weighted by Crippen LogP contribution is 2.50. The number of aliphatic imine (C=N–C) groups is 1. The summed E-state index contributed by atoms with van der Waals surface area (Å²) in [6, 6.07) is 0. The molecule has 5 atom stereocenters. The van der Waals surface area contributed by atoms with Gasteiger partial charge in [0.25, 0.3) is 0 Å². The number of hydrogen-bond acceptors (Lipinski definition) is 4. The van der Waals surface area contributed by atoms with Gasteiger partial charge in [-0.1, -0.05) is 65.0 Å². The summed E-state index contributed by atoms with van der Waals surface area (Å²) >= 11 is 1.82. The molecule has 0 spiro atoms. The van der Waals surface area contributed by atoms with E-state index >= 15 is 0 Å². The molecule has 27 heavy (non-hydrogen) atoms. The Hall–Kier alpha value is -0.760. The van der Waals surface area contributed by atoms with Crippen LogP contribution < -0.4 is 0 Å². The van der Waals surface area contributed by atoms with Crippen LogP contribution in [0, 0.1) is 29.6 Å². The van der Waals surface area contributed by atoms with Gasteiger partial charge in [-0.3, -0.25) is 4.99 Å². The number of aliphatic hydroxyl groups is 2. The van der Waals surface area contributed by atoms with Crippen molar-refractivity contribution < 1.29 is 10.2 Å². The van der Waals surface area contributed by atoms with Crippen LogP contribution in [0.4, 0.5) is 0 Å². The van der Waals surface area contributed by atoms with E-state index in [4.69, 9.17) is 11.4 Å². The summed E-state index contributed by atoms with van der Waals surface area (Å²) in [5, 5.41) is 22.4. The molecule has 2 N–H and O–H groups in total. The second-order valence-electron chi connectivity index (χ2n) is 8.86. The molecule has 0 amide bonds. The molecule has 0 aromatic rings. The predicted molar refractivity (Wildman–Crippen MR) is 117 cm³/mol. The van der Waals surface area contributed by atoms with Crippen LogP contribution in [0.3, 0.4) is 0 Å². The highest BCUT2D eigenvalue weighted by molar-refractivity contribution is 8.13. The van der Waals surface area contributed by atoms with Gasteiger partial charge in [-0.25, -0.2) is 0 Å². The standard InChI is InChI=1S/C23H37NO2S/c1-6-9-13-22(4,5)20(26)12-11-17-18-15-21(27-14-10-7-2)24-23(18,8-3)16-19(17)25/h3,11-12,17-20,25-26H,6-7,9-10,13-16H2,1-2,4-5H3. The van der Waals surface area contributed by atoms with Gasteiger partial charge in [0.1, 0.15) is 5.54 Å². The zero-order valence-electron chi connectivity index (χ0n) is 17.4. The minimum absolute atomic E-state index is 0.0364. The van der Waals surface area contributed by atoms with Crippen LogP contribution in [0.5, 0.6) is 0 Å². The third kappa shape index (κ3) is 5.19. The van der Waals surface area contributed by atoms with E-state index in [-0.39, 0.29) is 17.3 Å². The number of rotatable bonds is 9. The molecule has 2 rings (SSSR count). The lowest BCUT2D eigenvalue weighted by atomic mass is 9.80. The first-order valence-electron chi connectivity index (χ1n) is 10.5. The zero-order chi connectivity index (χ0) is 20.1. The molecule has 1 saturated carbocycles. The molecule has 5 unspecified atom stereocenters. The summed E-state index contributed by atoms with van der Waals surface area (Å²) < 4.78 is 0. The van der Waals surface area contributed by atoms with Gasteiger partial charge in [-0.15, -0.1) is 18.2 Å². The van der Waals surface area contributed by atoms with Crippen molar-refractivity contribution in [1.29, 1.82) is 0 Å². The molecule has 4 heteroatoms. The van der Waals surface area contributed by atoms with Gasteiger partial charge in [0.2, 0.25) is 0 Å². The number of fused-ring (bicyclic) bond motifs is 1. The van der Waals surface area contributed by atoms with Crippen LogP contribution >= 0.6 is 11.8 Å². The van der Waals surface area contributed by atoms with Crippen LogP contribution in [0.1, 0.15) is 72.6 Å². The van der Waals surface area contributed by atoms with E-state index < -0.39 is 17.7 Å². The van der Waals surface area contributed by atoms with E-state index in [0.717, 1.165) is 36.5 Å². The average molecular weight is 392 g/mol. The molecule has 0 aromatic heterocycles. The Balaban J connectivity index is 2.08. The SMILES string of the molecule is C#CC12CC(O)C(C=CC(O)C(C)(C)CCCC)C1CC(SCCCC)=N2. The molecular formula is C23H37NO2S. The van der Waals surface area contributed by atoms with Crippen LogP contribution in [0.15, 0.2) is 17.1 Å². The van der Waals surface area contributed by atoms with Gasteiger partial charge < -0.3 is 10.2 Å². The highest BCUT2D eigenvalue weighted by Gasteiger charge is 2.55. The number of thioether (sulfide) groups is 1. The summed E-state index contributed by atoms with van der Waals surface area (Å²) in [6.45, 7) is 8.58. The summed E-state index contributed by atoms with van der Waals surface area (Å²) in [5.74, 6) is 4.09. The number of unbranched alkanes of at least 4 members (excludes halogenated alkanes) is 2.